The molecule has 7 nitrogen and oxygen atoms in total. The van der Waals surface area contributed by atoms with Crippen LogP contribution in [0.1, 0.15) is 21.6 Å². The average molecular weight is 336 g/mol. The van der Waals surface area contributed by atoms with Crippen molar-refractivity contribution in [2.75, 3.05) is 0 Å². The molecule has 3 rings (SSSR count). The van der Waals surface area contributed by atoms with Crippen molar-refractivity contribution in [3.05, 3.63) is 75.7 Å². The van der Waals surface area contributed by atoms with Crippen molar-refractivity contribution < 1.29 is 9.90 Å². The maximum Gasteiger partial charge on any atom is 0.337 e. The molecule has 0 saturated heterocycles. The van der Waals surface area contributed by atoms with Gasteiger partial charge < -0.3 is 5.11 Å². The molecule has 0 aliphatic heterocycles. The number of H-pyrrole nitrogens is 1. The first kappa shape index (κ1) is 16.4. The summed E-state index contributed by atoms with van der Waals surface area (Å²) in [6, 6.07) is 13.7. The van der Waals surface area contributed by atoms with Crippen LogP contribution in [0.5, 0.6) is 0 Å². The van der Waals surface area contributed by atoms with Gasteiger partial charge in [-0.2, -0.15) is 0 Å². The highest BCUT2D eigenvalue weighted by atomic mass is 16.4. The molecule has 7 heteroatoms. The van der Waals surface area contributed by atoms with Crippen LogP contribution in [0.2, 0.25) is 0 Å². The minimum Gasteiger partial charge on any atom is -0.478 e. The fourth-order valence-corrected chi connectivity index (χ4v) is 2.38. The number of nitrogens with one attached hydrogen (secondary N) is 1. The third kappa shape index (κ3) is 3.25. The zero-order chi connectivity index (χ0) is 18.0. The predicted octanol–water partition coefficient (Wildman–Crippen LogP) is 3.90. The summed E-state index contributed by atoms with van der Waals surface area (Å²) < 4.78 is 1.38. The topological polar surface area (TPSA) is 99.8 Å². The van der Waals surface area contributed by atoms with E-state index in [4.69, 9.17) is 0 Å². The molecule has 0 spiro atoms. The van der Waals surface area contributed by atoms with Gasteiger partial charge in [-0.15, -0.1) is 10.2 Å². The van der Waals surface area contributed by atoms with Crippen molar-refractivity contribution in [2.24, 2.45) is 10.2 Å². The first-order valence-electron chi connectivity index (χ1n) is 7.60. The summed E-state index contributed by atoms with van der Waals surface area (Å²) >= 11 is 0. The Morgan fingerprint density at radius 1 is 1.04 bits per heavy atom. The smallest absolute Gasteiger partial charge is 0.337 e. The lowest BCUT2D eigenvalue weighted by molar-refractivity contribution is 0.0697. The summed E-state index contributed by atoms with van der Waals surface area (Å²) in [6.45, 7) is 3.68. The van der Waals surface area contributed by atoms with Crippen LogP contribution in [0.4, 0.5) is 11.4 Å². The average Bonchev–Trinajstić information content (AvgIpc) is 2.88. The van der Waals surface area contributed by atoms with Crippen LogP contribution in [0.3, 0.4) is 0 Å². The lowest BCUT2D eigenvalue weighted by Crippen LogP contribution is -2.13. The molecule has 0 atom stereocenters. The van der Waals surface area contributed by atoms with E-state index in [9.17, 15) is 14.7 Å². The van der Waals surface area contributed by atoms with Gasteiger partial charge in [-0.1, -0.05) is 29.8 Å². The van der Waals surface area contributed by atoms with E-state index < -0.39 is 5.97 Å². The third-order valence-electron chi connectivity index (χ3n) is 3.72. The highest BCUT2D eigenvalue weighted by Crippen LogP contribution is 2.22. The largest absolute Gasteiger partial charge is 0.478 e. The molecule has 2 aromatic carbocycles. The summed E-state index contributed by atoms with van der Waals surface area (Å²) in [7, 11) is 0. The number of carbonyl (C=O) groups is 1. The molecule has 0 amide bonds. The quantitative estimate of drug-likeness (QED) is 0.707. The Kier molecular flexibility index (Phi) is 4.30. The van der Waals surface area contributed by atoms with Gasteiger partial charge in [0.2, 0.25) is 0 Å². The second-order valence-electron chi connectivity index (χ2n) is 5.58. The molecule has 0 saturated carbocycles. The monoisotopic (exact) mass is 336 g/mol. The molecule has 0 radical (unpaired) electrons. The summed E-state index contributed by atoms with van der Waals surface area (Å²) in [5, 5.41) is 20.1. The van der Waals surface area contributed by atoms with E-state index in [2.05, 4.69) is 15.3 Å². The van der Waals surface area contributed by atoms with Crippen LogP contribution >= 0.6 is 0 Å². The molecule has 0 fully saturated rings. The molecule has 3 aromatic rings. The number of aromatic nitrogens is 2. The molecule has 0 unspecified atom stereocenters. The number of carboxylic acid groups (broad SMARTS) is 1. The number of azo groups is 1. The molecule has 2 N–H and O–H groups in total. The lowest BCUT2D eigenvalue weighted by atomic mass is 10.2. The van der Waals surface area contributed by atoms with Crippen molar-refractivity contribution in [1.82, 2.24) is 9.78 Å². The van der Waals surface area contributed by atoms with E-state index in [0.717, 1.165) is 5.56 Å². The van der Waals surface area contributed by atoms with Crippen LogP contribution < -0.4 is 5.56 Å². The SMILES string of the molecule is Cc1ccc(-n2[nH]c(C)c(N=Nc3ccccc3C(=O)O)c2=O)cc1. The maximum absolute atomic E-state index is 12.6. The van der Waals surface area contributed by atoms with Crippen molar-refractivity contribution in [2.45, 2.75) is 13.8 Å². The maximum atomic E-state index is 12.6. The second kappa shape index (κ2) is 6.56. The Labute approximate surface area is 143 Å². The fraction of sp³-hybridized carbons (Fsp3) is 0.111. The van der Waals surface area contributed by atoms with Crippen LogP contribution in [0.25, 0.3) is 5.69 Å². The van der Waals surface area contributed by atoms with Crippen molar-refractivity contribution in [1.29, 1.82) is 0 Å². The van der Waals surface area contributed by atoms with Crippen molar-refractivity contribution in [3.63, 3.8) is 0 Å². The van der Waals surface area contributed by atoms with E-state index in [0.29, 0.717) is 11.4 Å². The Morgan fingerprint density at radius 3 is 2.40 bits per heavy atom. The Balaban J connectivity index is 2.01. The molecule has 1 heterocycles. The van der Waals surface area contributed by atoms with Gasteiger partial charge in [0.05, 0.1) is 16.9 Å². The first-order chi connectivity index (χ1) is 12.0. The minimum absolute atomic E-state index is 0.0262. The summed E-state index contributed by atoms with van der Waals surface area (Å²) in [4.78, 5) is 23.8. The third-order valence-corrected chi connectivity index (χ3v) is 3.72. The number of nitrogens with zero attached hydrogens (tertiary/aromatic N) is 3. The van der Waals surface area contributed by atoms with Gasteiger partial charge in [-0.25, -0.2) is 9.48 Å². The van der Waals surface area contributed by atoms with Gasteiger partial charge in [0.1, 0.15) is 5.69 Å². The summed E-state index contributed by atoms with van der Waals surface area (Å²) in [5.74, 6) is -1.10. The molecular formula is C18H16N4O3. The summed E-state index contributed by atoms with van der Waals surface area (Å²) in [5.41, 5.74) is 2.33. The van der Waals surface area contributed by atoms with E-state index in [1.54, 1.807) is 19.1 Å². The van der Waals surface area contributed by atoms with E-state index in [-0.39, 0.29) is 22.5 Å². The Bertz CT molecular complexity index is 1010. The predicted molar refractivity (Wildman–Crippen MR) is 93.4 cm³/mol. The fourth-order valence-electron chi connectivity index (χ4n) is 2.38. The number of carboxylic acids is 1. The number of aromatic carboxylic acids is 1. The molecule has 126 valence electrons. The number of aromatic amines is 1. The van der Waals surface area contributed by atoms with E-state index >= 15 is 0 Å². The van der Waals surface area contributed by atoms with Gasteiger partial charge in [0.15, 0.2) is 5.69 Å². The normalized spacial score (nSPS) is 11.1. The first-order valence-corrected chi connectivity index (χ1v) is 7.60. The molecule has 0 bridgehead atoms. The molecular weight excluding hydrogens is 320 g/mol. The molecule has 0 aliphatic rings. The van der Waals surface area contributed by atoms with Gasteiger partial charge in [-0.3, -0.25) is 9.89 Å². The molecule has 0 aliphatic carbocycles. The minimum atomic E-state index is -1.10. The molecule has 1 aromatic heterocycles. The zero-order valence-corrected chi connectivity index (χ0v) is 13.7. The number of aryl methyl sites for hydroxylation is 2. The van der Waals surface area contributed by atoms with Gasteiger partial charge in [0.25, 0.3) is 5.56 Å². The highest BCUT2D eigenvalue weighted by molar-refractivity contribution is 5.93. The Morgan fingerprint density at radius 2 is 1.72 bits per heavy atom. The number of rotatable bonds is 4. The van der Waals surface area contributed by atoms with Crippen LogP contribution in [-0.2, 0) is 0 Å². The van der Waals surface area contributed by atoms with Crippen LogP contribution in [-0.4, -0.2) is 20.9 Å². The van der Waals surface area contributed by atoms with Gasteiger partial charge >= 0.3 is 5.97 Å². The highest BCUT2D eigenvalue weighted by Gasteiger charge is 2.13. The van der Waals surface area contributed by atoms with E-state index in [1.165, 1.54) is 16.8 Å². The van der Waals surface area contributed by atoms with Crippen molar-refractivity contribution >= 4 is 17.3 Å². The van der Waals surface area contributed by atoms with Gasteiger partial charge in [-0.05, 0) is 38.1 Å². The standard InChI is InChI=1S/C18H16N4O3/c1-11-7-9-13(10-8-11)22-17(23)16(12(2)21-22)20-19-15-6-4-3-5-14(15)18(24)25/h3-10,21H,1-2H3,(H,24,25). The zero-order valence-electron chi connectivity index (χ0n) is 13.7. The van der Waals surface area contributed by atoms with E-state index in [1.807, 2.05) is 31.2 Å². The summed E-state index contributed by atoms with van der Waals surface area (Å²) in [6.07, 6.45) is 0. The van der Waals surface area contributed by atoms with Crippen LogP contribution in [0.15, 0.2) is 63.6 Å². The Hall–Kier alpha value is -3.48. The molecule has 25 heavy (non-hydrogen) atoms. The van der Waals surface area contributed by atoms with Crippen LogP contribution in [0, 0.1) is 13.8 Å². The van der Waals surface area contributed by atoms with Crippen molar-refractivity contribution in [3.8, 4) is 5.69 Å². The lowest BCUT2D eigenvalue weighted by Gasteiger charge is -2.01. The van der Waals surface area contributed by atoms with Gasteiger partial charge in [0, 0.05) is 0 Å². The number of hydrogen-bond acceptors (Lipinski definition) is 4. The number of benzene rings is 2. The second-order valence-corrected chi connectivity index (χ2v) is 5.58. The number of hydrogen-bond donors (Lipinski definition) is 2.